The fourth-order valence-corrected chi connectivity index (χ4v) is 3.21. The third-order valence-electron chi connectivity index (χ3n) is 5.02. The molecule has 0 saturated carbocycles. The van der Waals surface area contributed by atoms with Crippen molar-refractivity contribution in [2.24, 2.45) is 0 Å². The van der Waals surface area contributed by atoms with Crippen molar-refractivity contribution in [1.29, 1.82) is 0 Å². The lowest BCUT2D eigenvalue weighted by Gasteiger charge is -2.15. The molecule has 180 valence electrons. The van der Waals surface area contributed by atoms with E-state index in [1.807, 2.05) is 6.07 Å². The highest BCUT2D eigenvalue weighted by molar-refractivity contribution is 5.97. The highest BCUT2D eigenvalue weighted by Crippen LogP contribution is 2.17. The van der Waals surface area contributed by atoms with Gasteiger partial charge < -0.3 is 21.1 Å². The van der Waals surface area contributed by atoms with Crippen LogP contribution in [0.2, 0.25) is 0 Å². The molecule has 10 nitrogen and oxygen atoms in total. The summed E-state index contributed by atoms with van der Waals surface area (Å²) in [4.78, 5) is 55.9. The zero-order chi connectivity index (χ0) is 25.4. The number of anilines is 1. The van der Waals surface area contributed by atoms with Crippen LogP contribution in [0.25, 0.3) is 11.4 Å². The van der Waals surface area contributed by atoms with Crippen molar-refractivity contribution in [1.82, 2.24) is 20.6 Å². The number of nitrogens with one attached hydrogen (secondary N) is 3. The van der Waals surface area contributed by atoms with Gasteiger partial charge in [-0.15, -0.1) is 0 Å². The Bertz CT molecular complexity index is 1200. The van der Waals surface area contributed by atoms with Crippen LogP contribution >= 0.6 is 0 Å². The van der Waals surface area contributed by atoms with Crippen molar-refractivity contribution in [3.8, 4) is 11.4 Å². The van der Waals surface area contributed by atoms with Crippen LogP contribution in [0.5, 0.6) is 0 Å². The highest BCUT2D eigenvalue weighted by Gasteiger charge is 2.21. The maximum atomic E-state index is 12.6. The predicted molar refractivity (Wildman–Crippen MR) is 128 cm³/mol. The molecule has 0 aliphatic carbocycles. The Kier molecular flexibility index (Phi) is 8.23. The van der Waals surface area contributed by atoms with Gasteiger partial charge in [-0.05, 0) is 36.8 Å². The number of aliphatic carboxylic acids is 1. The van der Waals surface area contributed by atoms with Gasteiger partial charge in [0, 0.05) is 19.5 Å². The van der Waals surface area contributed by atoms with Crippen molar-refractivity contribution in [2.45, 2.75) is 32.4 Å². The first-order chi connectivity index (χ1) is 16.7. The van der Waals surface area contributed by atoms with Crippen molar-refractivity contribution < 1.29 is 24.3 Å². The van der Waals surface area contributed by atoms with Gasteiger partial charge >= 0.3 is 5.97 Å². The summed E-state index contributed by atoms with van der Waals surface area (Å²) in [7, 11) is 0. The van der Waals surface area contributed by atoms with E-state index >= 15 is 0 Å². The third-order valence-corrected chi connectivity index (χ3v) is 5.02. The van der Waals surface area contributed by atoms with Crippen LogP contribution in [0.4, 0.5) is 5.69 Å². The quantitative estimate of drug-likeness (QED) is 0.370. The molecule has 0 fully saturated rings. The van der Waals surface area contributed by atoms with Crippen molar-refractivity contribution in [3.05, 3.63) is 78.1 Å². The van der Waals surface area contributed by atoms with E-state index in [1.54, 1.807) is 49.4 Å². The van der Waals surface area contributed by atoms with Gasteiger partial charge in [-0.2, -0.15) is 0 Å². The summed E-state index contributed by atoms with van der Waals surface area (Å²) in [5.74, 6) is -2.37. The molecule has 1 aromatic carbocycles. The third kappa shape index (κ3) is 7.19. The molecule has 3 rings (SSSR count). The van der Waals surface area contributed by atoms with Gasteiger partial charge in [0.05, 0.1) is 28.8 Å². The van der Waals surface area contributed by atoms with E-state index in [4.69, 9.17) is 0 Å². The van der Waals surface area contributed by atoms with E-state index in [9.17, 15) is 24.3 Å². The number of rotatable bonds is 9. The summed E-state index contributed by atoms with van der Waals surface area (Å²) in [5.41, 5.74) is 2.46. The summed E-state index contributed by atoms with van der Waals surface area (Å²) < 4.78 is 0. The van der Waals surface area contributed by atoms with Crippen molar-refractivity contribution >= 4 is 29.4 Å². The Hall–Kier alpha value is -4.60. The first-order valence-electron chi connectivity index (χ1n) is 10.8. The van der Waals surface area contributed by atoms with Crippen LogP contribution in [0.1, 0.15) is 29.8 Å². The molecule has 35 heavy (non-hydrogen) atoms. The fourth-order valence-electron chi connectivity index (χ4n) is 3.21. The average Bonchev–Trinajstić information content (AvgIpc) is 2.84. The summed E-state index contributed by atoms with van der Waals surface area (Å²) in [5, 5.41) is 17.2. The molecule has 0 aliphatic heterocycles. The van der Waals surface area contributed by atoms with E-state index < -0.39 is 24.0 Å². The van der Waals surface area contributed by atoms with Crippen molar-refractivity contribution in [3.63, 3.8) is 0 Å². The monoisotopic (exact) mass is 475 g/mol. The standard InChI is InChI=1S/C25H25N5O5/c1-15(28-16(2)31)23(32)29-19-9-11-21(27-14-19)20-10-8-18(13-26-20)24(33)30-22(25(34)35)12-17-6-4-3-5-7-17/h3-11,13-15,22H,12H2,1-2H3,(H,28,31)(H,29,32)(H,30,33)(H,34,35)/t15-,22-/m0/s1. The smallest absolute Gasteiger partial charge is 0.326 e. The Morgan fingerprint density at radius 3 is 2.09 bits per heavy atom. The maximum absolute atomic E-state index is 12.6. The minimum Gasteiger partial charge on any atom is -0.480 e. The van der Waals surface area contributed by atoms with Gasteiger partial charge in [0.15, 0.2) is 0 Å². The molecule has 0 radical (unpaired) electrons. The largest absolute Gasteiger partial charge is 0.480 e. The lowest BCUT2D eigenvalue weighted by atomic mass is 10.1. The number of benzene rings is 1. The fraction of sp³-hybridized carbons (Fsp3) is 0.200. The molecule has 2 heterocycles. The minimum atomic E-state index is -1.13. The normalized spacial score (nSPS) is 12.2. The van der Waals surface area contributed by atoms with Crippen LogP contribution in [-0.4, -0.2) is 50.8 Å². The molecule has 10 heteroatoms. The molecule has 0 unspecified atom stereocenters. The molecule has 3 amide bonds. The molecule has 3 aromatic rings. The predicted octanol–water partition coefficient (Wildman–Crippen LogP) is 2.03. The van der Waals surface area contributed by atoms with Crippen molar-refractivity contribution in [2.75, 3.05) is 5.32 Å². The first-order valence-corrected chi connectivity index (χ1v) is 10.8. The van der Waals surface area contributed by atoms with E-state index in [1.165, 1.54) is 25.4 Å². The lowest BCUT2D eigenvalue weighted by molar-refractivity contribution is -0.139. The lowest BCUT2D eigenvalue weighted by Crippen LogP contribution is -2.42. The molecule has 2 atom stereocenters. The van der Waals surface area contributed by atoms with Gasteiger partial charge in [0.25, 0.3) is 5.91 Å². The molecular formula is C25H25N5O5. The molecular weight excluding hydrogens is 450 g/mol. The maximum Gasteiger partial charge on any atom is 0.326 e. The van der Waals surface area contributed by atoms with E-state index in [0.717, 1.165) is 5.56 Å². The SMILES string of the molecule is CC(=O)N[C@@H](C)C(=O)Nc1ccc(-c2ccc(C(=O)N[C@@H](Cc3ccccc3)C(=O)O)cn2)nc1. The van der Waals surface area contributed by atoms with Gasteiger partial charge in [-0.3, -0.25) is 24.4 Å². The summed E-state index contributed by atoms with van der Waals surface area (Å²) in [6.07, 6.45) is 2.96. The Morgan fingerprint density at radius 1 is 0.886 bits per heavy atom. The number of carbonyl (C=O) groups excluding carboxylic acids is 3. The van der Waals surface area contributed by atoms with Crippen LogP contribution in [0.15, 0.2) is 67.0 Å². The summed E-state index contributed by atoms with van der Waals surface area (Å²) in [6.45, 7) is 2.90. The second kappa shape index (κ2) is 11.5. The zero-order valence-electron chi connectivity index (χ0n) is 19.2. The second-order valence-corrected chi connectivity index (χ2v) is 7.83. The number of carboxylic acid groups (broad SMARTS) is 1. The number of aromatic nitrogens is 2. The summed E-state index contributed by atoms with van der Waals surface area (Å²) >= 11 is 0. The Morgan fingerprint density at radius 2 is 1.54 bits per heavy atom. The van der Waals surface area contributed by atoms with Gasteiger partial charge in [0.2, 0.25) is 11.8 Å². The second-order valence-electron chi connectivity index (χ2n) is 7.83. The first kappa shape index (κ1) is 25.0. The molecule has 0 saturated heterocycles. The van der Waals surface area contributed by atoms with Crippen LogP contribution in [0.3, 0.4) is 0 Å². The summed E-state index contributed by atoms with van der Waals surface area (Å²) in [6, 6.07) is 13.7. The van der Waals surface area contributed by atoms with E-state index in [2.05, 4.69) is 25.9 Å². The molecule has 0 bridgehead atoms. The molecule has 2 aromatic heterocycles. The topological polar surface area (TPSA) is 150 Å². The van der Waals surface area contributed by atoms with Gasteiger partial charge in [-0.25, -0.2) is 4.79 Å². The van der Waals surface area contributed by atoms with Gasteiger partial charge in [-0.1, -0.05) is 30.3 Å². The van der Waals surface area contributed by atoms with Crippen LogP contribution in [0, 0.1) is 0 Å². The number of pyridine rings is 2. The van der Waals surface area contributed by atoms with E-state index in [-0.39, 0.29) is 23.8 Å². The number of nitrogens with zero attached hydrogens (tertiary/aromatic N) is 2. The zero-order valence-corrected chi connectivity index (χ0v) is 19.2. The number of hydrogen-bond donors (Lipinski definition) is 4. The molecule has 0 spiro atoms. The Balaban J connectivity index is 1.62. The number of amides is 3. The van der Waals surface area contributed by atoms with Crippen LogP contribution in [-0.2, 0) is 20.8 Å². The number of carboxylic acids is 1. The molecule has 4 N–H and O–H groups in total. The Labute approximate surface area is 201 Å². The van der Waals surface area contributed by atoms with Gasteiger partial charge in [0.1, 0.15) is 12.1 Å². The number of carbonyl (C=O) groups is 4. The minimum absolute atomic E-state index is 0.157. The average molecular weight is 476 g/mol. The molecule has 0 aliphatic rings. The van der Waals surface area contributed by atoms with E-state index in [0.29, 0.717) is 17.1 Å². The number of hydrogen-bond acceptors (Lipinski definition) is 6. The highest BCUT2D eigenvalue weighted by atomic mass is 16.4. The van der Waals surface area contributed by atoms with Crippen LogP contribution < -0.4 is 16.0 Å².